The van der Waals surface area contributed by atoms with Gasteiger partial charge >= 0.3 is 6.18 Å². The Morgan fingerprint density at radius 3 is 2.29 bits per heavy atom. The van der Waals surface area contributed by atoms with Crippen molar-refractivity contribution in [2.45, 2.75) is 19.5 Å². The Hall–Kier alpha value is -0.780. The van der Waals surface area contributed by atoms with E-state index in [1.807, 2.05) is 0 Å². The molecule has 0 aromatic rings. The third-order valence-electron chi connectivity index (χ3n) is 1.92. The molecule has 0 aliphatic rings. The van der Waals surface area contributed by atoms with Gasteiger partial charge in [-0.2, -0.15) is 13.2 Å². The number of nitrogens with zero attached hydrogens (tertiary/aromatic N) is 1. The molecule has 14 heavy (non-hydrogen) atoms. The fourth-order valence-corrected chi connectivity index (χ4v) is 1.10. The van der Waals surface area contributed by atoms with E-state index in [1.165, 1.54) is 0 Å². The molecule has 6 heteroatoms. The molecule has 0 saturated heterocycles. The summed E-state index contributed by atoms with van der Waals surface area (Å²) in [5, 5.41) is 0. The Balaban J connectivity index is 4.24. The monoisotopic (exact) mass is 212 g/mol. The summed E-state index contributed by atoms with van der Waals surface area (Å²) in [4.78, 5) is 12.0. The topological polar surface area (TPSA) is 46.3 Å². The predicted molar refractivity (Wildman–Crippen MR) is 46.5 cm³/mol. The first kappa shape index (κ1) is 13.2. The van der Waals surface area contributed by atoms with Crippen molar-refractivity contribution in [2.24, 2.45) is 11.7 Å². The van der Waals surface area contributed by atoms with Gasteiger partial charge in [-0.15, -0.1) is 0 Å². The lowest BCUT2D eigenvalue weighted by molar-refractivity contribution is -0.160. The van der Waals surface area contributed by atoms with Crippen LogP contribution in [0.3, 0.4) is 0 Å². The van der Waals surface area contributed by atoms with Crippen LogP contribution in [0.2, 0.25) is 0 Å². The first-order valence-corrected chi connectivity index (χ1v) is 4.33. The van der Waals surface area contributed by atoms with Gasteiger partial charge in [0.2, 0.25) is 5.91 Å². The number of carbonyl (C=O) groups excluding carboxylic acids is 1. The molecule has 0 radical (unpaired) electrons. The van der Waals surface area contributed by atoms with Crippen molar-refractivity contribution in [3.05, 3.63) is 0 Å². The maximum Gasteiger partial charge on any atom is 0.406 e. The number of halogens is 3. The molecule has 0 heterocycles. The highest BCUT2D eigenvalue weighted by Gasteiger charge is 2.32. The van der Waals surface area contributed by atoms with Crippen LogP contribution in [0.5, 0.6) is 0 Å². The summed E-state index contributed by atoms with van der Waals surface area (Å²) >= 11 is 0. The normalized spacial score (nSPS) is 13.9. The van der Waals surface area contributed by atoms with Crippen LogP contribution in [-0.2, 0) is 4.79 Å². The molecule has 0 aliphatic heterocycles. The summed E-state index contributed by atoms with van der Waals surface area (Å²) in [6.45, 7) is 0.580. The van der Waals surface area contributed by atoms with Gasteiger partial charge in [0.25, 0.3) is 0 Å². The Morgan fingerprint density at radius 2 is 2.00 bits per heavy atom. The third kappa shape index (κ3) is 4.45. The van der Waals surface area contributed by atoms with Gasteiger partial charge < -0.3 is 10.6 Å². The molecule has 0 rings (SSSR count). The third-order valence-corrected chi connectivity index (χ3v) is 1.92. The molecule has 0 aromatic carbocycles. The van der Waals surface area contributed by atoms with Crippen molar-refractivity contribution in [1.29, 1.82) is 0 Å². The van der Waals surface area contributed by atoms with Crippen LogP contribution in [0.4, 0.5) is 13.2 Å². The van der Waals surface area contributed by atoms with Crippen LogP contribution in [0, 0.1) is 5.92 Å². The number of hydrogen-bond acceptors (Lipinski definition) is 2. The minimum atomic E-state index is -4.35. The van der Waals surface area contributed by atoms with Crippen molar-refractivity contribution in [3.8, 4) is 0 Å². The standard InChI is InChI=1S/C8H15F3N2O/c1-3-6(4-12)7(14)13(2)5-8(9,10)11/h6H,3-5,12H2,1-2H3. The summed E-state index contributed by atoms with van der Waals surface area (Å²) in [5.41, 5.74) is 5.26. The van der Waals surface area contributed by atoms with E-state index in [2.05, 4.69) is 0 Å². The fraction of sp³-hybridized carbons (Fsp3) is 0.875. The molecule has 3 nitrogen and oxygen atoms in total. The molecule has 1 amide bonds. The van der Waals surface area contributed by atoms with Crippen molar-refractivity contribution >= 4 is 5.91 Å². The lowest BCUT2D eigenvalue weighted by Crippen LogP contribution is -2.41. The molecule has 1 atom stereocenters. The zero-order valence-electron chi connectivity index (χ0n) is 8.27. The van der Waals surface area contributed by atoms with Crippen LogP contribution in [0.25, 0.3) is 0 Å². The minimum absolute atomic E-state index is 0.0809. The van der Waals surface area contributed by atoms with Crippen LogP contribution in [0.15, 0.2) is 0 Å². The van der Waals surface area contributed by atoms with Gasteiger partial charge in [0, 0.05) is 13.6 Å². The number of carbonyl (C=O) groups is 1. The van der Waals surface area contributed by atoms with E-state index in [-0.39, 0.29) is 6.54 Å². The van der Waals surface area contributed by atoms with Gasteiger partial charge in [0.1, 0.15) is 6.54 Å². The van der Waals surface area contributed by atoms with E-state index in [0.29, 0.717) is 11.3 Å². The molecule has 84 valence electrons. The van der Waals surface area contributed by atoms with Gasteiger partial charge in [-0.1, -0.05) is 6.92 Å². The smallest absolute Gasteiger partial charge is 0.336 e. The van der Waals surface area contributed by atoms with Crippen molar-refractivity contribution in [2.75, 3.05) is 20.1 Å². The summed E-state index contributed by atoms with van der Waals surface area (Å²) in [5.74, 6) is -1.06. The number of nitrogens with two attached hydrogens (primary N) is 1. The van der Waals surface area contributed by atoms with E-state index in [9.17, 15) is 18.0 Å². The highest BCUT2D eigenvalue weighted by Crippen LogP contribution is 2.17. The van der Waals surface area contributed by atoms with Crippen LogP contribution in [-0.4, -0.2) is 37.1 Å². The van der Waals surface area contributed by atoms with E-state index in [4.69, 9.17) is 5.73 Å². The highest BCUT2D eigenvalue weighted by atomic mass is 19.4. The van der Waals surface area contributed by atoms with Crippen molar-refractivity contribution in [3.63, 3.8) is 0 Å². The van der Waals surface area contributed by atoms with E-state index in [0.717, 1.165) is 7.05 Å². The van der Waals surface area contributed by atoms with Crippen LogP contribution < -0.4 is 5.73 Å². The van der Waals surface area contributed by atoms with Gasteiger partial charge in [0.05, 0.1) is 5.92 Å². The number of rotatable bonds is 4. The zero-order chi connectivity index (χ0) is 11.4. The van der Waals surface area contributed by atoms with Crippen LogP contribution >= 0.6 is 0 Å². The maximum absolute atomic E-state index is 11.9. The van der Waals surface area contributed by atoms with Gasteiger partial charge in [0.15, 0.2) is 0 Å². The molecule has 0 fully saturated rings. The van der Waals surface area contributed by atoms with Gasteiger partial charge in [-0.05, 0) is 6.42 Å². The summed E-state index contributed by atoms with van der Waals surface area (Å²) in [6, 6.07) is 0. The van der Waals surface area contributed by atoms with Crippen molar-refractivity contribution in [1.82, 2.24) is 4.90 Å². The van der Waals surface area contributed by atoms with Crippen molar-refractivity contribution < 1.29 is 18.0 Å². The highest BCUT2D eigenvalue weighted by molar-refractivity contribution is 5.78. The average molecular weight is 212 g/mol. The van der Waals surface area contributed by atoms with Gasteiger partial charge in [-0.25, -0.2) is 0 Å². The lowest BCUT2D eigenvalue weighted by Gasteiger charge is -2.23. The van der Waals surface area contributed by atoms with E-state index >= 15 is 0 Å². The predicted octanol–water partition coefficient (Wildman–Crippen LogP) is 0.992. The molecular formula is C8H15F3N2O. The van der Waals surface area contributed by atoms with E-state index < -0.39 is 24.5 Å². The minimum Gasteiger partial charge on any atom is -0.336 e. The molecule has 0 saturated carbocycles. The first-order valence-electron chi connectivity index (χ1n) is 4.33. The summed E-state index contributed by atoms with van der Waals surface area (Å²) in [7, 11) is 1.13. The molecule has 2 N–H and O–H groups in total. The molecule has 0 bridgehead atoms. The largest absolute Gasteiger partial charge is 0.406 e. The second-order valence-corrected chi connectivity index (χ2v) is 3.15. The Kier molecular flexibility index (Phi) is 4.90. The maximum atomic E-state index is 11.9. The molecule has 0 spiro atoms. The summed E-state index contributed by atoms with van der Waals surface area (Å²) < 4.78 is 35.7. The Labute approximate surface area is 81.1 Å². The molecular weight excluding hydrogens is 197 g/mol. The molecule has 0 aliphatic carbocycles. The van der Waals surface area contributed by atoms with Gasteiger partial charge in [-0.3, -0.25) is 4.79 Å². The van der Waals surface area contributed by atoms with E-state index in [1.54, 1.807) is 6.92 Å². The zero-order valence-corrected chi connectivity index (χ0v) is 8.27. The number of amides is 1. The lowest BCUT2D eigenvalue weighted by atomic mass is 10.1. The number of alkyl halides is 3. The average Bonchev–Trinajstić information content (AvgIpc) is 2.03. The second kappa shape index (κ2) is 5.19. The Morgan fingerprint density at radius 1 is 1.50 bits per heavy atom. The van der Waals surface area contributed by atoms with Crippen LogP contribution in [0.1, 0.15) is 13.3 Å². The first-order chi connectivity index (χ1) is 6.31. The second-order valence-electron chi connectivity index (χ2n) is 3.15. The Bertz CT molecular complexity index is 190. The fourth-order valence-electron chi connectivity index (χ4n) is 1.10. The quantitative estimate of drug-likeness (QED) is 0.755. The summed E-state index contributed by atoms with van der Waals surface area (Å²) in [6.07, 6.45) is -3.89. The number of hydrogen-bond donors (Lipinski definition) is 1. The molecule has 0 aromatic heterocycles. The molecule has 1 unspecified atom stereocenters. The SMILES string of the molecule is CCC(CN)C(=O)N(C)CC(F)(F)F.